The SMILES string of the molecule is COc1ccc(CC(=O)N[C@@H](CC(=O)O)c2cccc([N+](=O)[O-])c2)cc1. The Balaban J connectivity index is 2.13. The predicted octanol–water partition coefficient (Wildman–Crippen LogP) is 2.48. The van der Waals surface area contributed by atoms with Crippen LogP contribution < -0.4 is 10.1 Å². The highest BCUT2D eigenvalue weighted by molar-refractivity contribution is 5.80. The molecule has 0 bridgehead atoms. The number of hydrogen-bond acceptors (Lipinski definition) is 5. The van der Waals surface area contributed by atoms with Gasteiger partial charge in [-0.1, -0.05) is 24.3 Å². The molecule has 2 aromatic carbocycles. The summed E-state index contributed by atoms with van der Waals surface area (Å²) in [6.07, 6.45) is -0.329. The lowest BCUT2D eigenvalue weighted by Gasteiger charge is -2.17. The third-order valence-electron chi connectivity index (χ3n) is 3.72. The molecule has 0 unspecified atom stereocenters. The minimum absolute atomic E-state index is 0.0506. The van der Waals surface area contributed by atoms with E-state index in [1.165, 1.54) is 25.3 Å². The second-order valence-corrected chi connectivity index (χ2v) is 5.59. The van der Waals surface area contributed by atoms with Crippen molar-refractivity contribution in [3.8, 4) is 5.75 Å². The minimum Gasteiger partial charge on any atom is -0.497 e. The van der Waals surface area contributed by atoms with Crippen LogP contribution in [0.4, 0.5) is 5.69 Å². The normalized spacial score (nSPS) is 11.4. The molecule has 0 aliphatic rings. The molecule has 0 saturated carbocycles. The molecule has 0 heterocycles. The topological polar surface area (TPSA) is 119 Å². The maximum Gasteiger partial charge on any atom is 0.305 e. The highest BCUT2D eigenvalue weighted by atomic mass is 16.6. The smallest absolute Gasteiger partial charge is 0.305 e. The van der Waals surface area contributed by atoms with Crippen LogP contribution in [0.3, 0.4) is 0 Å². The zero-order chi connectivity index (χ0) is 19.1. The summed E-state index contributed by atoms with van der Waals surface area (Å²) < 4.78 is 5.05. The van der Waals surface area contributed by atoms with Crippen LogP contribution in [0, 0.1) is 10.1 Å². The van der Waals surface area contributed by atoms with Crippen molar-refractivity contribution in [2.75, 3.05) is 7.11 Å². The van der Waals surface area contributed by atoms with Crippen LogP contribution in [0.2, 0.25) is 0 Å². The third-order valence-corrected chi connectivity index (χ3v) is 3.72. The van der Waals surface area contributed by atoms with Gasteiger partial charge in [0.15, 0.2) is 0 Å². The average molecular weight is 358 g/mol. The van der Waals surface area contributed by atoms with Crippen molar-refractivity contribution in [1.29, 1.82) is 0 Å². The van der Waals surface area contributed by atoms with Crippen LogP contribution in [-0.2, 0) is 16.0 Å². The molecule has 8 nitrogen and oxygen atoms in total. The number of benzene rings is 2. The molecular weight excluding hydrogens is 340 g/mol. The van der Waals surface area contributed by atoms with E-state index < -0.39 is 16.9 Å². The largest absolute Gasteiger partial charge is 0.497 e. The van der Waals surface area contributed by atoms with Crippen LogP contribution in [0.15, 0.2) is 48.5 Å². The number of ether oxygens (including phenoxy) is 1. The molecule has 1 atom stereocenters. The van der Waals surface area contributed by atoms with E-state index in [1.54, 1.807) is 30.3 Å². The first-order valence-corrected chi connectivity index (χ1v) is 7.77. The Morgan fingerprint density at radius 2 is 1.92 bits per heavy atom. The molecule has 136 valence electrons. The van der Waals surface area contributed by atoms with Crippen molar-refractivity contribution in [2.24, 2.45) is 0 Å². The van der Waals surface area contributed by atoms with Crippen molar-refractivity contribution in [2.45, 2.75) is 18.9 Å². The molecule has 2 N–H and O–H groups in total. The summed E-state index contributed by atoms with van der Waals surface area (Å²) in [5.74, 6) is -0.839. The van der Waals surface area contributed by atoms with Crippen molar-refractivity contribution in [3.05, 3.63) is 69.8 Å². The Hall–Kier alpha value is -3.42. The summed E-state index contributed by atoms with van der Waals surface area (Å²) in [5.41, 5.74) is 0.934. The summed E-state index contributed by atoms with van der Waals surface area (Å²) >= 11 is 0. The number of nitro benzene ring substituents is 1. The Morgan fingerprint density at radius 1 is 1.23 bits per heavy atom. The second-order valence-electron chi connectivity index (χ2n) is 5.59. The first-order valence-electron chi connectivity index (χ1n) is 7.77. The molecule has 0 aliphatic heterocycles. The van der Waals surface area contributed by atoms with E-state index in [1.807, 2.05) is 0 Å². The number of carboxylic acid groups (broad SMARTS) is 1. The molecule has 8 heteroatoms. The Kier molecular flexibility index (Phi) is 6.26. The fourth-order valence-electron chi connectivity index (χ4n) is 2.46. The number of nitrogens with zero attached hydrogens (tertiary/aromatic N) is 1. The van der Waals surface area contributed by atoms with Crippen LogP contribution >= 0.6 is 0 Å². The van der Waals surface area contributed by atoms with E-state index in [4.69, 9.17) is 9.84 Å². The van der Waals surface area contributed by atoms with Crippen molar-refractivity contribution in [3.63, 3.8) is 0 Å². The maximum atomic E-state index is 12.3. The van der Waals surface area contributed by atoms with Gasteiger partial charge in [-0.05, 0) is 23.3 Å². The third kappa shape index (κ3) is 5.30. The van der Waals surface area contributed by atoms with E-state index in [0.717, 1.165) is 5.56 Å². The van der Waals surface area contributed by atoms with Gasteiger partial charge in [0.2, 0.25) is 5.91 Å². The van der Waals surface area contributed by atoms with E-state index in [0.29, 0.717) is 11.3 Å². The average Bonchev–Trinajstić information content (AvgIpc) is 2.61. The first-order chi connectivity index (χ1) is 12.4. The number of non-ortho nitro benzene ring substituents is 1. The van der Waals surface area contributed by atoms with Gasteiger partial charge < -0.3 is 15.2 Å². The van der Waals surface area contributed by atoms with Gasteiger partial charge in [-0.25, -0.2) is 0 Å². The van der Waals surface area contributed by atoms with Gasteiger partial charge in [0.05, 0.1) is 30.9 Å². The molecule has 0 saturated heterocycles. The molecule has 0 radical (unpaired) electrons. The van der Waals surface area contributed by atoms with Crippen LogP contribution in [0.1, 0.15) is 23.6 Å². The van der Waals surface area contributed by atoms with Crippen LogP contribution in [-0.4, -0.2) is 29.0 Å². The molecule has 1 amide bonds. The van der Waals surface area contributed by atoms with Crippen molar-refractivity contribution in [1.82, 2.24) is 5.32 Å². The van der Waals surface area contributed by atoms with E-state index in [-0.39, 0.29) is 24.4 Å². The molecular formula is C18H18N2O6. The Bertz CT molecular complexity index is 804. The quantitative estimate of drug-likeness (QED) is 0.553. The van der Waals surface area contributed by atoms with Crippen molar-refractivity contribution < 1.29 is 24.4 Å². The van der Waals surface area contributed by atoms with Crippen LogP contribution in [0.5, 0.6) is 5.75 Å². The summed E-state index contributed by atoms with van der Waals surface area (Å²) in [5, 5.41) is 22.6. The lowest BCUT2D eigenvalue weighted by atomic mass is 10.0. The second kappa shape index (κ2) is 8.61. The van der Waals surface area contributed by atoms with Gasteiger partial charge in [-0.15, -0.1) is 0 Å². The molecule has 2 aromatic rings. The van der Waals surface area contributed by atoms with Gasteiger partial charge in [0, 0.05) is 12.1 Å². The standard InChI is InChI=1S/C18H18N2O6/c1-26-15-7-5-12(6-8-15)9-17(21)19-16(11-18(22)23)13-3-2-4-14(10-13)20(24)25/h2-8,10,16H,9,11H2,1H3,(H,19,21)(H,22,23)/t16-/m0/s1. The predicted molar refractivity (Wildman–Crippen MR) is 92.9 cm³/mol. The highest BCUT2D eigenvalue weighted by Crippen LogP contribution is 2.22. The Labute approximate surface area is 149 Å². The van der Waals surface area contributed by atoms with Gasteiger partial charge in [-0.3, -0.25) is 19.7 Å². The molecule has 0 aromatic heterocycles. The number of amides is 1. The Morgan fingerprint density at radius 3 is 2.50 bits per heavy atom. The summed E-state index contributed by atoms with van der Waals surface area (Å²) in [4.78, 5) is 33.7. The molecule has 0 fully saturated rings. The minimum atomic E-state index is -1.12. The number of methoxy groups -OCH3 is 1. The number of nitro groups is 1. The lowest BCUT2D eigenvalue weighted by Crippen LogP contribution is -2.31. The fourth-order valence-corrected chi connectivity index (χ4v) is 2.46. The zero-order valence-corrected chi connectivity index (χ0v) is 14.0. The van der Waals surface area contributed by atoms with Gasteiger partial charge >= 0.3 is 5.97 Å². The first kappa shape index (κ1) is 18.9. The van der Waals surface area contributed by atoms with Gasteiger partial charge in [0.1, 0.15) is 5.75 Å². The monoisotopic (exact) mass is 358 g/mol. The van der Waals surface area contributed by atoms with Gasteiger partial charge in [-0.2, -0.15) is 0 Å². The lowest BCUT2D eigenvalue weighted by molar-refractivity contribution is -0.384. The number of carbonyl (C=O) groups is 2. The molecule has 0 spiro atoms. The molecule has 0 aliphatic carbocycles. The van der Waals surface area contributed by atoms with E-state index >= 15 is 0 Å². The number of hydrogen-bond donors (Lipinski definition) is 2. The molecule has 26 heavy (non-hydrogen) atoms. The molecule has 2 rings (SSSR count). The van der Waals surface area contributed by atoms with Crippen molar-refractivity contribution >= 4 is 17.6 Å². The van der Waals surface area contributed by atoms with E-state index in [9.17, 15) is 19.7 Å². The highest BCUT2D eigenvalue weighted by Gasteiger charge is 2.20. The number of aliphatic carboxylic acids is 1. The fraction of sp³-hybridized carbons (Fsp3) is 0.222. The summed E-state index contributed by atoms with van der Waals surface area (Å²) in [7, 11) is 1.54. The number of rotatable bonds is 8. The zero-order valence-electron chi connectivity index (χ0n) is 14.0. The number of carboxylic acids is 1. The van der Waals surface area contributed by atoms with Crippen LogP contribution in [0.25, 0.3) is 0 Å². The summed E-state index contributed by atoms with van der Waals surface area (Å²) in [6.45, 7) is 0. The number of nitrogens with one attached hydrogen (secondary N) is 1. The maximum absolute atomic E-state index is 12.3. The number of carbonyl (C=O) groups excluding carboxylic acids is 1. The van der Waals surface area contributed by atoms with Gasteiger partial charge in [0.25, 0.3) is 5.69 Å². The van der Waals surface area contributed by atoms with E-state index in [2.05, 4.69) is 5.32 Å². The summed E-state index contributed by atoms with van der Waals surface area (Å²) in [6, 6.07) is 11.6.